The van der Waals surface area contributed by atoms with E-state index in [1.165, 1.54) is 7.11 Å². The van der Waals surface area contributed by atoms with Crippen LogP contribution in [0.3, 0.4) is 0 Å². The molecule has 2 aromatic rings. The molecule has 1 aromatic carbocycles. The minimum Gasteiger partial charge on any atom is -0.469 e. The second kappa shape index (κ2) is 8.04. The first-order chi connectivity index (χ1) is 13.3. The van der Waals surface area contributed by atoms with Crippen molar-refractivity contribution >= 4 is 34.3 Å². The van der Waals surface area contributed by atoms with Gasteiger partial charge in [-0.15, -0.1) is 0 Å². The fraction of sp³-hybridized carbons (Fsp3) is 0.476. The Bertz CT molecular complexity index is 909. The van der Waals surface area contributed by atoms with Gasteiger partial charge in [-0.2, -0.15) is 0 Å². The molecule has 28 heavy (non-hydrogen) atoms. The van der Waals surface area contributed by atoms with Gasteiger partial charge in [-0.25, -0.2) is 4.98 Å². The molecular formula is C21H25N3O4. The summed E-state index contributed by atoms with van der Waals surface area (Å²) in [5.74, 6) is -1.05. The van der Waals surface area contributed by atoms with Gasteiger partial charge in [0, 0.05) is 18.6 Å². The Hall–Kier alpha value is -2.83. The first kappa shape index (κ1) is 19.9. The number of aromatic amines is 1. The Kier molecular flexibility index (Phi) is 5.72. The number of aliphatic imine (C=N–C) groups is 1. The number of nitrogens with zero attached hydrogens (tertiary/aromatic N) is 2. The van der Waals surface area contributed by atoms with E-state index in [9.17, 15) is 14.4 Å². The number of aromatic nitrogens is 2. The minimum absolute atomic E-state index is 0.0207. The molecule has 0 aliphatic heterocycles. The third-order valence-corrected chi connectivity index (χ3v) is 4.96. The summed E-state index contributed by atoms with van der Waals surface area (Å²) in [4.78, 5) is 49.0. The normalized spacial score (nSPS) is 20.5. The number of hydrogen-bond donors (Lipinski definition) is 1. The van der Waals surface area contributed by atoms with Crippen molar-refractivity contribution in [1.29, 1.82) is 0 Å². The molecule has 148 valence electrons. The topological polar surface area (TPSA) is 101 Å². The zero-order chi connectivity index (χ0) is 20.3. The summed E-state index contributed by atoms with van der Waals surface area (Å²) >= 11 is 0. The van der Waals surface area contributed by atoms with E-state index in [1.807, 2.05) is 38.1 Å². The van der Waals surface area contributed by atoms with Gasteiger partial charge in [0.1, 0.15) is 23.3 Å². The van der Waals surface area contributed by atoms with E-state index in [4.69, 9.17) is 0 Å². The van der Waals surface area contributed by atoms with Crippen LogP contribution < -0.4 is 0 Å². The average Bonchev–Trinajstić information content (AvgIpc) is 3.06. The highest BCUT2D eigenvalue weighted by Gasteiger charge is 2.41. The molecule has 1 heterocycles. The lowest BCUT2D eigenvalue weighted by molar-refractivity contribution is -0.143. The highest BCUT2D eigenvalue weighted by atomic mass is 16.5. The van der Waals surface area contributed by atoms with Crippen molar-refractivity contribution in [3.05, 3.63) is 30.1 Å². The summed E-state index contributed by atoms with van der Waals surface area (Å²) in [5.41, 5.74) is 2.10. The summed E-state index contributed by atoms with van der Waals surface area (Å²) in [6, 6.07) is 7.69. The second-order valence-electron chi connectivity index (χ2n) is 7.97. The summed E-state index contributed by atoms with van der Waals surface area (Å²) in [6.45, 7) is 4.27. The van der Waals surface area contributed by atoms with Crippen LogP contribution in [0.2, 0.25) is 0 Å². The maximum Gasteiger partial charge on any atom is 0.305 e. The van der Waals surface area contributed by atoms with Crippen molar-refractivity contribution in [3.8, 4) is 0 Å². The van der Waals surface area contributed by atoms with Gasteiger partial charge < -0.3 is 9.72 Å². The number of nitrogens with one attached hydrogen (secondary N) is 1. The maximum atomic E-state index is 12.7. The van der Waals surface area contributed by atoms with E-state index in [-0.39, 0.29) is 36.4 Å². The standard InChI is InChI=1S/C21H25N3O4/c1-21(2)10-15(20(17(26)11-21)16(25)8-9-19(27)28-3)22-12-18-23-13-6-4-5-7-14(13)24-18/h4-7,20H,8-12H2,1-3H3,(H,23,24). The van der Waals surface area contributed by atoms with Gasteiger partial charge in [0.25, 0.3) is 0 Å². The molecule has 0 amide bonds. The predicted octanol–water partition coefficient (Wildman–Crippen LogP) is 3.03. The van der Waals surface area contributed by atoms with E-state index in [0.29, 0.717) is 24.4 Å². The highest BCUT2D eigenvalue weighted by Crippen LogP contribution is 2.35. The Morgan fingerprint density at radius 3 is 2.71 bits per heavy atom. The van der Waals surface area contributed by atoms with Gasteiger partial charge in [-0.1, -0.05) is 26.0 Å². The Morgan fingerprint density at radius 1 is 1.25 bits per heavy atom. The highest BCUT2D eigenvalue weighted by molar-refractivity contribution is 6.22. The number of rotatable bonds is 6. The third-order valence-electron chi connectivity index (χ3n) is 4.96. The maximum absolute atomic E-state index is 12.7. The Balaban J connectivity index is 1.82. The molecule has 1 unspecified atom stereocenters. The van der Waals surface area contributed by atoms with Crippen LogP contribution in [0.15, 0.2) is 29.3 Å². The number of hydrogen-bond acceptors (Lipinski definition) is 6. The minimum atomic E-state index is -0.873. The molecule has 1 aromatic heterocycles. The number of methoxy groups -OCH3 is 1. The van der Waals surface area contributed by atoms with Crippen molar-refractivity contribution in [2.24, 2.45) is 16.3 Å². The zero-order valence-corrected chi connectivity index (χ0v) is 16.4. The molecule has 1 N–H and O–H groups in total. The third kappa shape index (κ3) is 4.52. The van der Waals surface area contributed by atoms with Gasteiger partial charge in [-0.3, -0.25) is 19.4 Å². The number of H-pyrrole nitrogens is 1. The van der Waals surface area contributed by atoms with Crippen molar-refractivity contribution in [2.45, 2.75) is 46.1 Å². The number of para-hydroxylation sites is 2. The summed E-state index contributed by atoms with van der Waals surface area (Å²) in [5, 5.41) is 0. The van der Waals surface area contributed by atoms with E-state index >= 15 is 0 Å². The molecule has 1 aliphatic carbocycles. The SMILES string of the molecule is COC(=O)CCC(=O)C1C(=O)CC(C)(C)CC1=NCc1nc2ccccc2[nH]1. The van der Waals surface area contributed by atoms with E-state index in [2.05, 4.69) is 19.7 Å². The molecule has 0 radical (unpaired) electrons. The molecule has 7 nitrogen and oxygen atoms in total. The average molecular weight is 383 g/mol. The molecule has 0 saturated heterocycles. The van der Waals surface area contributed by atoms with Gasteiger partial charge in [0.2, 0.25) is 0 Å². The van der Waals surface area contributed by atoms with Gasteiger partial charge >= 0.3 is 5.97 Å². The zero-order valence-electron chi connectivity index (χ0n) is 16.4. The monoisotopic (exact) mass is 383 g/mol. The Labute approximate surface area is 163 Å². The van der Waals surface area contributed by atoms with Crippen molar-refractivity contribution in [2.75, 3.05) is 7.11 Å². The van der Waals surface area contributed by atoms with Crippen molar-refractivity contribution in [1.82, 2.24) is 9.97 Å². The second-order valence-corrected chi connectivity index (χ2v) is 7.97. The lowest BCUT2D eigenvalue weighted by Gasteiger charge is -2.34. The molecule has 1 saturated carbocycles. The van der Waals surface area contributed by atoms with Crippen LogP contribution in [-0.2, 0) is 25.7 Å². The van der Waals surface area contributed by atoms with Crippen molar-refractivity contribution < 1.29 is 19.1 Å². The van der Waals surface area contributed by atoms with Crippen LogP contribution >= 0.6 is 0 Å². The molecule has 3 rings (SSSR count). The molecule has 0 bridgehead atoms. The molecule has 7 heteroatoms. The van der Waals surface area contributed by atoms with Gasteiger partial charge in [0.05, 0.1) is 31.1 Å². The first-order valence-corrected chi connectivity index (χ1v) is 9.38. The Morgan fingerprint density at radius 2 is 2.00 bits per heavy atom. The largest absolute Gasteiger partial charge is 0.469 e. The van der Waals surface area contributed by atoms with Crippen LogP contribution in [0, 0.1) is 11.3 Å². The summed E-state index contributed by atoms with van der Waals surface area (Å²) in [6.07, 6.45) is 0.839. The number of ketones is 2. The number of ether oxygens (including phenoxy) is 1. The number of esters is 1. The van der Waals surface area contributed by atoms with Crippen LogP contribution in [-0.4, -0.2) is 40.3 Å². The van der Waals surface area contributed by atoms with Crippen LogP contribution in [0.1, 0.15) is 45.4 Å². The number of imidazole rings is 1. The first-order valence-electron chi connectivity index (χ1n) is 9.38. The number of carbonyl (C=O) groups is 3. The number of carbonyl (C=O) groups excluding carboxylic acids is 3. The number of fused-ring (bicyclic) bond motifs is 1. The molecule has 1 atom stereocenters. The number of Topliss-reactive ketones (excluding diaryl/α,β-unsaturated/α-hetero) is 2. The fourth-order valence-electron chi connectivity index (χ4n) is 3.66. The van der Waals surface area contributed by atoms with E-state index in [1.54, 1.807) is 0 Å². The molecule has 1 aliphatic rings. The van der Waals surface area contributed by atoms with Crippen molar-refractivity contribution in [3.63, 3.8) is 0 Å². The van der Waals surface area contributed by atoms with E-state index in [0.717, 1.165) is 11.0 Å². The lowest BCUT2D eigenvalue weighted by Crippen LogP contribution is -2.42. The molecule has 1 fully saturated rings. The van der Waals surface area contributed by atoms with Gasteiger partial charge in [-0.05, 0) is 24.0 Å². The van der Waals surface area contributed by atoms with Crippen LogP contribution in [0.4, 0.5) is 0 Å². The van der Waals surface area contributed by atoms with Crippen LogP contribution in [0.5, 0.6) is 0 Å². The number of benzene rings is 1. The molecule has 0 spiro atoms. The fourth-order valence-corrected chi connectivity index (χ4v) is 3.66. The molecular weight excluding hydrogens is 358 g/mol. The summed E-state index contributed by atoms with van der Waals surface area (Å²) < 4.78 is 4.59. The van der Waals surface area contributed by atoms with E-state index < -0.39 is 11.9 Å². The van der Waals surface area contributed by atoms with Crippen LogP contribution in [0.25, 0.3) is 11.0 Å². The summed E-state index contributed by atoms with van der Waals surface area (Å²) in [7, 11) is 1.28. The van der Waals surface area contributed by atoms with Gasteiger partial charge in [0.15, 0.2) is 0 Å². The lowest BCUT2D eigenvalue weighted by atomic mass is 9.69. The smallest absolute Gasteiger partial charge is 0.305 e. The predicted molar refractivity (Wildman–Crippen MR) is 105 cm³/mol. The quantitative estimate of drug-likeness (QED) is 0.610.